The van der Waals surface area contributed by atoms with Crippen molar-refractivity contribution in [3.63, 3.8) is 0 Å². The van der Waals surface area contributed by atoms with Crippen LogP contribution in [-0.4, -0.2) is 36.2 Å². The van der Waals surface area contributed by atoms with Gasteiger partial charge in [-0.05, 0) is 0 Å². The summed E-state index contributed by atoms with van der Waals surface area (Å²) in [6.45, 7) is 0. The number of rotatable bonds is 6. The van der Waals surface area contributed by atoms with Crippen molar-refractivity contribution < 1.29 is 117 Å². The zero-order valence-electron chi connectivity index (χ0n) is 10.2. The summed E-state index contributed by atoms with van der Waals surface area (Å²) in [5, 5.41) is -7.30. The molecule has 0 unspecified atom stereocenters. The number of hydrogen-bond donors (Lipinski definition) is 0. The molecule has 0 aromatic heterocycles. The topological polar surface area (TPSA) is 66.4 Å². The van der Waals surface area contributed by atoms with Gasteiger partial charge in [0.15, 0.2) is 10.1 Å². The van der Waals surface area contributed by atoms with Crippen molar-refractivity contribution in [2.75, 3.05) is 0 Å². The molecule has 0 aliphatic rings. The molecule has 0 spiro atoms. The van der Waals surface area contributed by atoms with Crippen LogP contribution in [0.15, 0.2) is 12.1 Å². The molecule has 0 saturated carbocycles. The summed E-state index contributed by atoms with van der Waals surface area (Å²) in [5.74, 6) is -15.2. The molecule has 0 saturated heterocycles. The Labute approximate surface area is 161 Å². The molecule has 4 nitrogen and oxygen atoms in total. The molecule has 0 aliphatic carbocycles. The fourth-order valence-corrected chi connectivity index (χ4v) is 1.18. The van der Waals surface area contributed by atoms with Crippen LogP contribution >= 0.6 is 0 Å². The maximum Gasteiger partial charge on any atom is 1.00 e. The summed E-state index contributed by atoms with van der Waals surface area (Å²) in [6, 6.07) is -3.83. The molecule has 0 fully saturated rings. The van der Waals surface area contributed by atoms with Gasteiger partial charge in [0.1, 0.15) is 0 Å². The molecule has 0 amide bonds. The van der Waals surface area contributed by atoms with E-state index >= 15 is 0 Å². The zero-order valence-corrected chi connectivity index (χ0v) is 14.1. The van der Waals surface area contributed by atoms with Crippen molar-refractivity contribution >= 4 is 10.1 Å². The van der Waals surface area contributed by atoms with E-state index in [4.69, 9.17) is 0 Å². The van der Waals surface area contributed by atoms with Crippen LogP contribution in [0.5, 0.6) is 0 Å². The van der Waals surface area contributed by atoms with Gasteiger partial charge in [0.05, 0.1) is 0 Å². The van der Waals surface area contributed by atoms with Crippen LogP contribution < -0.4 is 51.4 Å². The molecule has 0 aromatic rings. The Morgan fingerprint density at radius 1 is 0.826 bits per heavy atom. The fraction of sp³-hybridized carbons (Fsp3) is 0.667. The molecular formula is C6F11KO4S. The molecule has 0 aliphatic heterocycles. The Kier molecular flexibility index (Phi) is 8.09. The van der Waals surface area contributed by atoms with E-state index in [1.165, 1.54) is 0 Å². The molecule has 23 heavy (non-hydrogen) atoms. The number of alkyl halides is 8. The first-order valence-electron chi connectivity index (χ1n) is 4.19. The van der Waals surface area contributed by atoms with E-state index in [9.17, 15) is 61.3 Å². The van der Waals surface area contributed by atoms with Crippen molar-refractivity contribution in [3.8, 4) is 0 Å². The maximum absolute atomic E-state index is 12.7. The van der Waals surface area contributed by atoms with Crippen LogP contribution in [0.3, 0.4) is 0 Å². The first-order valence-corrected chi connectivity index (χ1v) is 5.60. The van der Waals surface area contributed by atoms with E-state index < -0.39 is 45.4 Å². The summed E-state index contributed by atoms with van der Waals surface area (Å²) >= 11 is 0. The van der Waals surface area contributed by atoms with Gasteiger partial charge >= 0.3 is 86.7 Å². The predicted octanol–water partition coefficient (Wildman–Crippen LogP) is 0.0435. The van der Waals surface area contributed by atoms with Crippen LogP contribution in [0.25, 0.3) is 0 Å². The number of hydrogen-bond acceptors (Lipinski definition) is 4. The van der Waals surface area contributed by atoms with Gasteiger partial charge in [0.2, 0.25) is 0 Å². The summed E-state index contributed by atoms with van der Waals surface area (Å²) < 4.78 is 167. The van der Waals surface area contributed by atoms with Crippen molar-refractivity contribution in [3.05, 3.63) is 12.1 Å². The van der Waals surface area contributed by atoms with E-state index in [0.717, 1.165) is 0 Å². The van der Waals surface area contributed by atoms with E-state index in [2.05, 4.69) is 0 Å². The van der Waals surface area contributed by atoms with Gasteiger partial charge in [-0.25, -0.2) is 8.42 Å². The maximum atomic E-state index is 12.7. The minimum absolute atomic E-state index is 0. The third-order valence-corrected chi connectivity index (χ3v) is 2.69. The Bertz CT molecular complexity index is 567. The zero-order chi connectivity index (χ0) is 18.4. The van der Waals surface area contributed by atoms with Crippen LogP contribution in [0.2, 0.25) is 0 Å². The number of ether oxygens (including phenoxy) is 1. The molecule has 132 valence electrons. The first kappa shape index (κ1) is 25.6. The minimum Gasteiger partial charge on any atom is -0.743 e. The molecule has 0 N–H and O–H groups in total. The second-order valence-electron chi connectivity index (χ2n) is 3.27. The van der Waals surface area contributed by atoms with Crippen molar-refractivity contribution in [2.45, 2.75) is 23.2 Å². The number of halogens is 11. The molecule has 0 radical (unpaired) electrons. The Balaban J connectivity index is 0. The summed E-state index contributed by atoms with van der Waals surface area (Å²) in [5.41, 5.74) is 0. The van der Waals surface area contributed by atoms with E-state index in [1.807, 2.05) is 4.74 Å². The Morgan fingerprint density at radius 3 is 1.43 bits per heavy atom. The van der Waals surface area contributed by atoms with Crippen molar-refractivity contribution in [2.24, 2.45) is 0 Å². The van der Waals surface area contributed by atoms with Gasteiger partial charge in [0.25, 0.3) is 0 Å². The van der Waals surface area contributed by atoms with Gasteiger partial charge < -0.3 is 9.29 Å². The van der Waals surface area contributed by atoms with Crippen LogP contribution in [0.4, 0.5) is 48.3 Å². The third kappa shape index (κ3) is 4.49. The third-order valence-electron chi connectivity index (χ3n) is 1.81. The molecule has 0 bridgehead atoms. The average Bonchev–Trinajstić information content (AvgIpc) is 2.25. The summed E-state index contributed by atoms with van der Waals surface area (Å²) in [6.07, 6.45) is -10.9. The minimum atomic E-state index is -7.64. The normalized spacial score (nSPS) is 14.1. The Morgan fingerprint density at radius 2 is 1.17 bits per heavy atom. The molecule has 0 rings (SSSR count). The van der Waals surface area contributed by atoms with E-state index in [0.29, 0.717) is 0 Å². The predicted molar refractivity (Wildman–Crippen MR) is 40.9 cm³/mol. The summed E-state index contributed by atoms with van der Waals surface area (Å²) in [4.78, 5) is 0. The smallest absolute Gasteiger partial charge is 0.743 e. The van der Waals surface area contributed by atoms with Crippen LogP contribution in [0, 0.1) is 0 Å². The first-order chi connectivity index (χ1) is 9.33. The largest absolute Gasteiger partial charge is 1.00 e. The second-order valence-corrected chi connectivity index (χ2v) is 4.69. The van der Waals surface area contributed by atoms with E-state index in [-0.39, 0.29) is 51.4 Å². The van der Waals surface area contributed by atoms with E-state index in [1.54, 1.807) is 0 Å². The van der Waals surface area contributed by atoms with Crippen LogP contribution in [0.1, 0.15) is 0 Å². The molecular weight excluding hydrogens is 416 g/mol. The Hall–Kier alpha value is 0.316. The molecule has 0 heterocycles. The average molecular weight is 416 g/mol. The fourth-order valence-electron chi connectivity index (χ4n) is 0.738. The van der Waals surface area contributed by atoms with Gasteiger partial charge in [-0.1, -0.05) is 0 Å². The molecule has 0 aromatic carbocycles. The van der Waals surface area contributed by atoms with Gasteiger partial charge in [0, 0.05) is 0 Å². The van der Waals surface area contributed by atoms with Crippen LogP contribution in [-0.2, 0) is 14.9 Å². The second kappa shape index (κ2) is 7.28. The summed E-state index contributed by atoms with van der Waals surface area (Å²) in [7, 11) is -7.60. The molecule has 17 heteroatoms. The van der Waals surface area contributed by atoms with Gasteiger partial charge in [-0.3, -0.25) is 0 Å². The SMILES string of the molecule is O=S(=O)([O-])C(F)(F)C(F)(F)C(F)(F)C(F)(F)OC(F)=C(F)F.[K+]. The quantitative estimate of drug-likeness (QED) is 0.266. The molecule has 0 atom stereocenters. The van der Waals surface area contributed by atoms with Gasteiger partial charge in [-0.2, -0.15) is 48.3 Å². The monoisotopic (exact) mass is 416 g/mol. The van der Waals surface area contributed by atoms with Gasteiger partial charge in [-0.15, -0.1) is 0 Å². The van der Waals surface area contributed by atoms with Crippen molar-refractivity contribution in [1.29, 1.82) is 0 Å². The van der Waals surface area contributed by atoms with Crippen molar-refractivity contribution in [1.82, 2.24) is 0 Å². The standard InChI is InChI=1S/C6HF11O4S.K/c7-1(8)2(9)21-5(14,15)3(10,11)4(12,13)6(16,17)22(18,19)20;/h(H,18,19,20);/q;+1/p-1.